The molecule has 0 fully saturated rings. The summed E-state index contributed by atoms with van der Waals surface area (Å²) < 4.78 is 23.5. The van der Waals surface area contributed by atoms with Crippen molar-refractivity contribution in [3.8, 4) is 0 Å². The molecule has 0 aliphatic rings. The molecule has 0 aliphatic heterocycles. The molecule has 0 aromatic rings. The molecule has 3 unspecified atom stereocenters. The third-order valence-corrected chi connectivity index (χ3v) is 17.5. The minimum atomic E-state index is -4.58. The van der Waals surface area contributed by atoms with Crippen LogP contribution in [0.3, 0.4) is 0 Å². The van der Waals surface area contributed by atoms with Gasteiger partial charge in [-0.25, -0.2) is 0 Å². The number of amides is 1. The molecule has 2 N–H and O–H groups in total. The van der Waals surface area contributed by atoms with Crippen LogP contribution in [0.4, 0.5) is 0 Å². The number of hydrogen-bond donors (Lipinski definition) is 2. The van der Waals surface area contributed by atoms with Gasteiger partial charge in [-0.05, 0) is 38.5 Å². The van der Waals surface area contributed by atoms with E-state index in [4.69, 9.17) is 9.05 Å². The number of aliphatic hydroxyl groups is 1. The molecule has 9 heteroatoms. The van der Waals surface area contributed by atoms with Gasteiger partial charge in [0, 0.05) is 6.42 Å². The number of quaternary nitrogens is 1. The Morgan fingerprint density at radius 3 is 1.00 bits per heavy atom. The molecule has 8 nitrogen and oxygen atoms in total. The summed E-state index contributed by atoms with van der Waals surface area (Å²) in [6.45, 7) is 4.79. The molecule has 3 atom stereocenters. The maximum Gasteiger partial charge on any atom is 0.268 e. The monoisotopic (exact) mass is 1120 g/mol. The van der Waals surface area contributed by atoms with E-state index >= 15 is 0 Å². The van der Waals surface area contributed by atoms with Crippen LogP contribution in [-0.2, 0) is 18.4 Å². The second kappa shape index (κ2) is 60.8. The van der Waals surface area contributed by atoms with Gasteiger partial charge in [0.05, 0.1) is 39.9 Å². The van der Waals surface area contributed by atoms with Crippen LogP contribution in [0.15, 0.2) is 12.2 Å². The second-order valence-electron chi connectivity index (χ2n) is 25.6. The van der Waals surface area contributed by atoms with Gasteiger partial charge in [-0.3, -0.25) is 9.36 Å². The molecule has 0 aromatic carbocycles. The van der Waals surface area contributed by atoms with E-state index in [1.807, 2.05) is 21.1 Å². The average molecular weight is 1120 g/mol. The zero-order valence-electron chi connectivity index (χ0n) is 53.4. The van der Waals surface area contributed by atoms with Gasteiger partial charge in [-0.2, -0.15) is 0 Å². The van der Waals surface area contributed by atoms with Crippen molar-refractivity contribution in [2.45, 2.75) is 386 Å². The maximum atomic E-state index is 13.1. The first kappa shape index (κ1) is 77.2. The van der Waals surface area contributed by atoms with Gasteiger partial charge < -0.3 is 28.8 Å². The highest BCUT2D eigenvalue weighted by molar-refractivity contribution is 7.45. The molecule has 0 rings (SSSR count). The molecular weight excluding hydrogens is 984 g/mol. The predicted octanol–water partition coefficient (Wildman–Crippen LogP) is 21.5. The topological polar surface area (TPSA) is 108 Å². The third-order valence-electron chi connectivity index (χ3n) is 16.5. The van der Waals surface area contributed by atoms with Crippen molar-refractivity contribution >= 4 is 13.7 Å². The van der Waals surface area contributed by atoms with E-state index in [0.29, 0.717) is 23.9 Å². The Morgan fingerprint density at radius 2 is 0.705 bits per heavy atom. The predicted molar refractivity (Wildman–Crippen MR) is 339 cm³/mol. The standard InChI is InChI=1S/C69H139N2O6P/c1-6-8-10-12-14-16-18-20-22-24-26-28-30-32-33-34-35-36-37-39-41-43-45-47-49-51-53-55-57-59-61-63-69(73)70-67(66-77-78(74,75)76-65-64-71(3,4)5)68(72)62-60-58-56-54-52-50-48-46-44-42-40-38-31-29-27-25-23-21-19-17-15-13-11-9-7-2/h24,26,67-68,72H,6-23,25,27-66H2,1-5H3,(H-,70,73,74,75)/b26-24-. The van der Waals surface area contributed by atoms with Crippen LogP contribution < -0.4 is 10.2 Å². The Bertz CT molecular complexity index is 1280. The van der Waals surface area contributed by atoms with Crippen LogP contribution in [0.1, 0.15) is 373 Å². The maximum absolute atomic E-state index is 13.1. The van der Waals surface area contributed by atoms with Crippen molar-refractivity contribution < 1.29 is 32.9 Å². The second-order valence-corrected chi connectivity index (χ2v) is 27.0. The summed E-state index contributed by atoms with van der Waals surface area (Å²) in [7, 11) is 1.33. The van der Waals surface area contributed by atoms with Gasteiger partial charge >= 0.3 is 0 Å². The highest BCUT2D eigenvalue weighted by atomic mass is 31.2. The number of hydrogen-bond acceptors (Lipinski definition) is 6. The lowest BCUT2D eigenvalue weighted by Gasteiger charge is -2.30. The fraction of sp³-hybridized carbons (Fsp3) is 0.957. The van der Waals surface area contributed by atoms with Gasteiger partial charge in [0.1, 0.15) is 13.2 Å². The molecular formula is C69H139N2O6P. The quantitative estimate of drug-likeness (QED) is 0.0272. The Balaban J connectivity index is 3.99. The number of allylic oxidation sites excluding steroid dienone is 2. The molecule has 0 bridgehead atoms. The number of likely N-dealkylation sites (N-methyl/N-ethyl adjacent to an activating group) is 1. The minimum Gasteiger partial charge on any atom is -0.756 e. The Kier molecular flexibility index (Phi) is 60.2. The van der Waals surface area contributed by atoms with Gasteiger partial charge in [0.2, 0.25) is 5.91 Å². The normalized spacial score (nSPS) is 13.7. The van der Waals surface area contributed by atoms with Crippen molar-refractivity contribution in [3.63, 3.8) is 0 Å². The fourth-order valence-corrected chi connectivity index (χ4v) is 11.8. The molecule has 0 aromatic heterocycles. The van der Waals surface area contributed by atoms with Gasteiger partial charge in [0.25, 0.3) is 7.82 Å². The van der Waals surface area contributed by atoms with E-state index in [1.54, 1.807) is 0 Å². The molecule has 0 spiro atoms. The van der Waals surface area contributed by atoms with E-state index in [-0.39, 0.29) is 19.1 Å². The lowest BCUT2D eigenvalue weighted by atomic mass is 10.0. The number of nitrogens with one attached hydrogen (secondary N) is 1. The van der Waals surface area contributed by atoms with Gasteiger partial charge in [0.15, 0.2) is 0 Å². The molecule has 0 heterocycles. The lowest BCUT2D eigenvalue weighted by Crippen LogP contribution is -2.46. The Hall–Kier alpha value is -0.760. The molecule has 78 heavy (non-hydrogen) atoms. The number of unbranched alkanes of at least 4 members (excludes halogenated alkanes) is 51. The number of nitrogens with zero attached hydrogens (tertiary/aromatic N) is 1. The largest absolute Gasteiger partial charge is 0.756 e. The van der Waals surface area contributed by atoms with E-state index in [0.717, 1.165) is 38.5 Å². The molecule has 0 radical (unpaired) electrons. The highest BCUT2D eigenvalue weighted by Crippen LogP contribution is 2.38. The van der Waals surface area contributed by atoms with E-state index in [2.05, 4.69) is 31.3 Å². The zero-order valence-corrected chi connectivity index (χ0v) is 54.3. The number of carbonyl (C=O) groups excluding carboxylic acids is 1. The van der Waals surface area contributed by atoms with Crippen molar-refractivity contribution in [1.29, 1.82) is 0 Å². The average Bonchev–Trinajstić information content (AvgIpc) is 3.41. The smallest absolute Gasteiger partial charge is 0.268 e. The van der Waals surface area contributed by atoms with Gasteiger partial charge in [-0.1, -0.05) is 341 Å². The fourth-order valence-electron chi connectivity index (χ4n) is 11.0. The first-order valence-corrected chi connectivity index (χ1v) is 36.5. The lowest BCUT2D eigenvalue weighted by molar-refractivity contribution is -0.870. The van der Waals surface area contributed by atoms with Crippen molar-refractivity contribution in [1.82, 2.24) is 5.32 Å². The number of rotatable bonds is 66. The highest BCUT2D eigenvalue weighted by Gasteiger charge is 2.24. The van der Waals surface area contributed by atoms with Crippen LogP contribution in [0, 0.1) is 0 Å². The van der Waals surface area contributed by atoms with Crippen LogP contribution in [0.5, 0.6) is 0 Å². The summed E-state index contributed by atoms with van der Waals surface area (Å²) in [4.78, 5) is 25.7. The Labute approximate surface area is 488 Å². The molecule has 0 saturated heterocycles. The van der Waals surface area contributed by atoms with Crippen molar-refractivity contribution in [3.05, 3.63) is 12.2 Å². The molecule has 1 amide bonds. The van der Waals surface area contributed by atoms with Crippen LogP contribution in [0.25, 0.3) is 0 Å². The summed E-state index contributed by atoms with van der Waals surface area (Å²) in [5.41, 5.74) is 0. The number of phosphoric acid groups is 1. The zero-order chi connectivity index (χ0) is 57.0. The Morgan fingerprint density at radius 1 is 0.436 bits per heavy atom. The number of aliphatic hydroxyl groups excluding tert-OH is 1. The number of carbonyl (C=O) groups is 1. The van der Waals surface area contributed by atoms with E-state index < -0.39 is 20.0 Å². The van der Waals surface area contributed by atoms with Crippen molar-refractivity contribution in [2.24, 2.45) is 0 Å². The minimum absolute atomic E-state index is 0.0159. The summed E-state index contributed by atoms with van der Waals surface area (Å²) in [5.74, 6) is -0.155. The first-order chi connectivity index (χ1) is 38.0. The first-order valence-electron chi connectivity index (χ1n) is 35.0. The van der Waals surface area contributed by atoms with Crippen molar-refractivity contribution in [2.75, 3.05) is 40.9 Å². The van der Waals surface area contributed by atoms with Gasteiger partial charge in [-0.15, -0.1) is 0 Å². The molecule has 466 valence electrons. The molecule has 0 saturated carbocycles. The van der Waals surface area contributed by atoms with Crippen LogP contribution in [0.2, 0.25) is 0 Å². The summed E-state index contributed by atoms with van der Waals surface area (Å²) >= 11 is 0. The summed E-state index contributed by atoms with van der Waals surface area (Å²) in [5, 5.41) is 14.1. The van der Waals surface area contributed by atoms with Crippen LogP contribution in [-0.4, -0.2) is 68.5 Å². The van der Waals surface area contributed by atoms with E-state index in [1.165, 1.54) is 308 Å². The summed E-state index contributed by atoms with van der Waals surface area (Å²) in [6.07, 6.45) is 77.2. The summed E-state index contributed by atoms with van der Waals surface area (Å²) in [6, 6.07) is -0.798. The van der Waals surface area contributed by atoms with E-state index in [9.17, 15) is 19.4 Å². The third kappa shape index (κ3) is 62.8. The molecule has 0 aliphatic carbocycles. The van der Waals surface area contributed by atoms with Crippen LogP contribution >= 0.6 is 7.82 Å². The SMILES string of the molecule is CCCCCCCCCC/C=C\CCCCCCCCCCCCCCCCCCCCCC(=O)NC(COP(=O)([O-])OCC[N+](C)(C)C)C(O)CCCCCCCCCCCCCCCCCCCCCCCCCCC. The number of phosphoric ester groups is 1.